The van der Waals surface area contributed by atoms with Crippen molar-refractivity contribution in [3.63, 3.8) is 0 Å². The lowest BCUT2D eigenvalue weighted by atomic mass is 10.1. The topological polar surface area (TPSA) is 89.3 Å². The molecule has 0 radical (unpaired) electrons. The summed E-state index contributed by atoms with van der Waals surface area (Å²) in [6, 6.07) is -1.45. The molecule has 1 fully saturated rings. The van der Waals surface area contributed by atoms with Crippen LogP contribution in [0.2, 0.25) is 0 Å². The van der Waals surface area contributed by atoms with Crippen LogP contribution in [0, 0.1) is 0 Å². The van der Waals surface area contributed by atoms with E-state index in [1.54, 1.807) is 0 Å². The van der Waals surface area contributed by atoms with Crippen molar-refractivity contribution < 1.29 is 18.7 Å². The molecule has 84 valence electrons. The summed E-state index contributed by atoms with van der Waals surface area (Å²) in [4.78, 5) is 13.8. The van der Waals surface area contributed by atoms with E-state index < -0.39 is 24.5 Å². The molecule has 1 aliphatic heterocycles. The van der Waals surface area contributed by atoms with Gasteiger partial charge in [-0.2, -0.15) is 0 Å². The molecule has 1 amide bonds. The van der Waals surface area contributed by atoms with Gasteiger partial charge in [0, 0.05) is 24.4 Å². The van der Waals surface area contributed by atoms with Gasteiger partial charge in [-0.3, -0.25) is 0 Å². The van der Waals surface area contributed by atoms with Gasteiger partial charge >= 0.3 is 6.09 Å². The third kappa shape index (κ3) is 2.69. The van der Waals surface area contributed by atoms with E-state index in [0.29, 0.717) is 0 Å². The highest BCUT2D eigenvalue weighted by Gasteiger charge is 2.41. The Hall–Kier alpha value is -1.56. The Kier molecular flexibility index (Phi) is 3.31. The molecule has 0 saturated carbocycles. The molecule has 0 spiro atoms. The largest absolute Gasteiger partial charge is 0.465 e. The summed E-state index contributed by atoms with van der Waals surface area (Å²) in [7, 11) is 0. The summed E-state index contributed by atoms with van der Waals surface area (Å²) in [5, 5.41) is 11.6. The van der Waals surface area contributed by atoms with Crippen molar-refractivity contribution in [2.75, 3.05) is 13.1 Å². The number of carbonyl (C=O) groups is 1. The first-order valence-electron chi connectivity index (χ1n) is 4.37. The van der Waals surface area contributed by atoms with Gasteiger partial charge in [-0.05, 0) is 12.0 Å². The number of halogens is 2. The second-order valence-corrected chi connectivity index (χ2v) is 3.29. The lowest BCUT2D eigenvalue weighted by Gasteiger charge is -2.18. The van der Waals surface area contributed by atoms with Gasteiger partial charge in [0.05, 0.1) is 0 Å². The number of alkyl halides is 2. The summed E-state index contributed by atoms with van der Waals surface area (Å²) in [6.45, 7) is -0.269. The van der Waals surface area contributed by atoms with Gasteiger partial charge in [0.15, 0.2) is 0 Å². The molecule has 0 aromatic carbocycles. The molecule has 15 heavy (non-hydrogen) atoms. The molecular formula is C7H10F2N4O2. The minimum Gasteiger partial charge on any atom is -0.465 e. The van der Waals surface area contributed by atoms with Crippen LogP contribution in [0.4, 0.5) is 13.6 Å². The second-order valence-electron chi connectivity index (χ2n) is 3.29. The summed E-state index contributed by atoms with van der Waals surface area (Å²) < 4.78 is 26.5. The van der Waals surface area contributed by atoms with E-state index in [-0.39, 0.29) is 19.5 Å². The predicted octanol–water partition coefficient (Wildman–Crippen LogP) is 2.07. The fourth-order valence-corrected chi connectivity index (χ4v) is 1.45. The molecule has 0 bridgehead atoms. The van der Waals surface area contributed by atoms with Crippen molar-refractivity contribution in [1.29, 1.82) is 0 Å². The van der Waals surface area contributed by atoms with Gasteiger partial charge in [-0.1, -0.05) is 5.11 Å². The molecule has 1 rings (SSSR count). The molecule has 0 aromatic rings. The van der Waals surface area contributed by atoms with Crippen molar-refractivity contribution in [2.45, 2.75) is 24.8 Å². The number of likely N-dealkylation sites (tertiary alicyclic amines) is 1. The highest BCUT2D eigenvalue weighted by Crippen LogP contribution is 2.30. The van der Waals surface area contributed by atoms with E-state index >= 15 is 0 Å². The number of rotatable bonds is 1. The van der Waals surface area contributed by atoms with Gasteiger partial charge in [0.1, 0.15) is 6.04 Å². The summed E-state index contributed by atoms with van der Waals surface area (Å²) in [5.74, 6) is -3.13. The van der Waals surface area contributed by atoms with Crippen LogP contribution < -0.4 is 0 Å². The molecule has 0 aliphatic carbocycles. The summed E-state index contributed by atoms with van der Waals surface area (Å²) >= 11 is 0. The normalized spacial score (nSPS) is 25.2. The van der Waals surface area contributed by atoms with E-state index in [1.807, 2.05) is 0 Å². The monoisotopic (exact) mass is 220 g/mol. The van der Waals surface area contributed by atoms with Crippen LogP contribution >= 0.6 is 0 Å². The van der Waals surface area contributed by atoms with Crippen LogP contribution in [0.25, 0.3) is 10.4 Å². The minimum absolute atomic E-state index is 0.0331. The number of nitrogens with zero attached hydrogens (tertiary/aromatic N) is 4. The summed E-state index contributed by atoms with van der Waals surface area (Å²) in [5.41, 5.74) is 8.11. The van der Waals surface area contributed by atoms with Crippen molar-refractivity contribution >= 4 is 6.09 Å². The van der Waals surface area contributed by atoms with Crippen LogP contribution in [0.1, 0.15) is 12.8 Å². The predicted molar refractivity (Wildman–Crippen MR) is 46.7 cm³/mol. The van der Waals surface area contributed by atoms with Gasteiger partial charge in [-0.15, -0.1) is 0 Å². The standard InChI is InChI=1S/C7H10F2N4O2/c8-7(9)2-4-13(6(14)15)3-1-5(7)11-12-10/h5H,1-4H2,(H,14,15). The SMILES string of the molecule is [N-]=[N+]=NC1CCN(C(=O)O)CCC1(F)F. The first kappa shape index (κ1) is 11.5. The second kappa shape index (κ2) is 4.31. The van der Waals surface area contributed by atoms with E-state index in [9.17, 15) is 13.6 Å². The van der Waals surface area contributed by atoms with Crippen molar-refractivity contribution in [3.05, 3.63) is 10.4 Å². The van der Waals surface area contributed by atoms with Crippen molar-refractivity contribution in [2.24, 2.45) is 5.11 Å². The Morgan fingerprint density at radius 1 is 1.60 bits per heavy atom. The van der Waals surface area contributed by atoms with Gasteiger partial charge in [0.2, 0.25) is 0 Å². The number of carboxylic acid groups (broad SMARTS) is 1. The van der Waals surface area contributed by atoms with E-state index in [2.05, 4.69) is 10.0 Å². The van der Waals surface area contributed by atoms with E-state index in [1.165, 1.54) is 0 Å². The van der Waals surface area contributed by atoms with Crippen LogP contribution in [-0.2, 0) is 0 Å². The fraction of sp³-hybridized carbons (Fsp3) is 0.857. The maximum atomic E-state index is 13.3. The first-order valence-corrected chi connectivity index (χ1v) is 4.37. The quantitative estimate of drug-likeness (QED) is 0.416. The van der Waals surface area contributed by atoms with Crippen LogP contribution in [-0.4, -0.2) is 41.2 Å². The van der Waals surface area contributed by atoms with E-state index in [4.69, 9.17) is 10.6 Å². The van der Waals surface area contributed by atoms with E-state index in [0.717, 1.165) is 4.90 Å². The Morgan fingerprint density at radius 3 is 2.80 bits per heavy atom. The molecular weight excluding hydrogens is 210 g/mol. The zero-order chi connectivity index (χ0) is 11.5. The fourth-order valence-electron chi connectivity index (χ4n) is 1.45. The molecule has 6 nitrogen and oxygen atoms in total. The lowest BCUT2D eigenvalue weighted by molar-refractivity contribution is -0.0289. The van der Waals surface area contributed by atoms with Crippen molar-refractivity contribution in [3.8, 4) is 0 Å². The molecule has 1 saturated heterocycles. The first-order chi connectivity index (χ1) is 6.97. The molecule has 1 heterocycles. The highest BCUT2D eigenvalue weighted by atomic mass is 19.3. The maximum absolute atomic E-state index is 13.3. The number of amides is 1. The molecule has 8 heteroatoms. The zero-order valence-corrected chi connectivity index (χ0v) is 7.81. The third-order valence-corrected chi connectivity index (χ3v) is 2.34. The Balaban J connectivity index is 2.77. The van der Waals surface area contributed by atoms with Gasteiger partial charge < -0.3 is 10.0 Å². The Morgan fingerprint density at radius 2 is 2.27 bits per heavy atom. The average Bonchev–Trinajstić information content (AvgIpc) is 2.27. The number of hydrogen-bond acceptors (Lipinski definition) is 2. The van der Waals surface area contributed by atoms with Crippen LogP contribution in [0.15, 0.2) is 5.11 Å². The van der Waals surface area contributed by atoms with Crippen LogP contribution in [0.5, 0.6) is 0 Å². The third-order valence-electron chi connectivity index (χ3n) is 2.34. The Labute approximate surface area is 84.1 Å². The molecule has 1 aliphatic rings. The smallest absolute Gasteiger partial charge is 0.407 e. The average molecular weight is 220 g/mol. The lowest BCUT2D eigenvalue weighted by Crippen LogP contribution is -2.32. The highest BCUT2D eigenvalue weighted by molar-refractivity contribution is 5.64. The molecule has 1 N–H and O–H groups in total. The molecule has 1 unspecified atom stereocenters. The molecule has 1 atom stereocenters. The van der Waals surface area contributed by atoms with Crippen LogP contribution in [0.3, 0.4) is 0 Å². The van der Waals surface area contributed by atoms with Gasteiger partial charge in [0.25, 0.3) is 5.92 Å². The molecule has 0 aromatic heterocycles. The number of azide groups is 1. The number of hydrogen-bond donors (Lipinski definition) is 1. The van der Waals surface area contributed by atoms with Crippen molar-refractivity contribution in [1.82, 2.24) is 4.90 Å². The minimum atomic E-state index is -3.13. The summed E-state index contributed by atoms with van der Waals surface area (Å²) in [6.07, 6.45) is -1.99. The maximum Gasteiger partial charge on any atom is 0.407 e. The van der Waals surface area contributed by atoms with Gasteiger partial charge in [-0.25, -0.2) is 13.6 Å². The Bertz CT molecular complexity index is 303. The zero-order valence-electron chi connectivity index (χ0n) is 7.81.